The highest BCUT2D eigenvalue weighted by Gasteiger charge is 2.09. The van der Waals surface area contributed by atoms with Crippen LogP contribution < -0.4 is 16.0 Å². The van der Waals surface area contributed by atoms with Gasteiger partial charge in [-0.1, -0.05) is 47.8 Å². The highest BCUT2D eigenvalue weighted by Crippen LogP contribution is 2.32. The lowest BCUT2D eigenvalue weighted by Gasteiger charge is -2.11. The summed E-state index contributed by atoms with van der Waals surface area (Å²) in [6.45, 7) is 1.92. The van der Waals surface area contributed by atoms with Gasteiger partial charge in [0.25, 0.3) is 0 Å². The summed E-state index contributed by atoms with van der Waals surface area (Å²) in [6, 6.07) is 10.0. The van der Waals surface area contributed by atoms with Gasteiger partial charge in [0.05, 0.1) is 27.3 Å². The largest absolute Gasteiger partial charge is 0.375 e. The molecule has 8 heteroatoms. The molecular weight excluding hydrogens is 397 g/mol. The van der Waals surface area contributed by atoms with Crippen molar-refractivity contribution in [3.8, 4) is 0 Å². The third-order valence-electron chi connectivity index (χ3n) is 3.36. The average Bonchev–Trinajstić information content (AvgIpc) is 2.57. The summed E-state index contributed by atoms with van der Waals surface area (Å²) < 4.78 is 0. The molecule has 0 spiro atoms. The summed E-state index contributed by atoms with van der Waals surface area (Å²) in [5.41, 5.74) is 1.71. The minimum atomic E-state index is -0.274. The first-order valence-corrected chi connectivity index (χ1v) is 9.10. The lowest BCUT2D eigenvalue weighted by molar-refractivity contribution is -0.116. The second-order valence-corrected chi connectivity index (χ2v) is 6.75. The molecule has 0 fully saturated rings. The molecule has 26 heavy (non-hydrogen) atoms. The molecule has 0 aliphatic carbocycles. The van der Waals surface area contributed by atoms with Gasteiger partial charge in [-0.15, -0.1) is 0 Å². The Morgan fingerprint density at radius 1 is 0.885 bits per heavy atom. The maximum Gasteiger partial charge on any atom is 0.243 e. The highest BCUT2D eigenvalue weighted by atomic mass is 35.5. The van der Waals surface area contributed by atoms with Gasteiger partial charge in [-0.05, 0) is 36.8 Å². The molecule has 2 aromatic carbocycles. The van der Waals surface area contributed by atoms with Crippen LogP contribution in [0.2, 0.25) is 15.1 Å². The van der Waals surface area contributed by atoms with Gasteiger partial charge >= 0.3 is 0 Å². The van der Waals surface area contributed by atoms with E-state index in [0.29, 0.717) is 38.6 Å². The summed E-state index contributed by atoms with van der Waals surface area (Å²) in [6.07, 6.45) is 1.22. The Bertz CT molecular complexity index is 812. The molecule has 0 aliphatic rings. The predicted molar refractivity (Wildman–Crippen MR) is 109 cm³/mol. The van der Waals surface area contributed by atoms with Gasteiger partial charge < -0.3 is 16.0 Å². The number of carbonyl (C=O) groups is 2. The number of rotatable bonds is 7. The fraction of sp³-hybridized carbons (Fsp3) is 0.222. The summed E-state index contributed by atoms with van der Waals surface area (Å²) >= 11 is 17.9. The molecule has 0 heterocycles. The molecule has 0 radical (unpaired) electrons. The Labute approximate surface area is 167 Å². The fourth-order valence-corrected chi connectivity index (χ4v) is 2.78. The van der Waals surface area contributed by atoms with Crippen LogP contribution in [0.25, 0.3) is 0 Å². The molecule has 0 aliphatic heterocycles. The van der Waals surface area contributed by atoms with Gasteiger partial charge in [-0.2, -0.15) is 0 Å². The van der Waals surface area contributed by atoms with E-state index in [0.717, 1.165) is 6.42 Å². The molecule has 0 unspecified atom stereocenters. The van der Waals surface area contributed by atoms with Gasteiger partial charge in [0, 0.05) is 17.8 Å². The maximum absolute atomic E-state index is 12.1. The van der Waals surface area contributed by atoms with E-state index >= 15 is 0 Å². The third kappa shape index (κ3) is 6.09. The molecule has 0 saturated heterocycles. The number of hydrogen-bond donors (Lipinski definition) is 3. The number of amides is 2. The molecule has 0 atom stereocenters. The summed E-state index contributed by atoms with van der Waals surface area (Å²) in [4.78, 5) is 23.8. The van der Waals surface area contributed by atoms with Crippen molar-refractivity contribution < 1.29 is 9.59 Å². The highest BCUT2D eigenvalue weighted by molar-refractivity contribution is 6.44. The van der Waals surface area contributed by atoms with Gasteiger partial charge in [0.2, 0.25) is 11.8 Å². The average molecular weight is 415 g/mol. The van der Waals surface area contributed by atoms with Crippen molar-refractivity contribution in [2.75, 3.05) is 22.5 Å². The van der Waals surface area contributed by atoms with Crippen LogP contribution in [0.4, 0.5) is 17.1 Å². The fourth-order valence-electron chi connectivity index (χ4n) is 2.16. The van der Waals surface area contributed by atoms with Crippen molar-refractivity contribution in [1.82, 2.24) is 0 Å². The van der Waals surface area contributed by atoms with Crippen molar-refractivity contribution in [3.63, 3.8) is 0 Å². The van der Waals surface area contributed by atoms with E-state index in [4.69, 9.17) is 34.8 Å². The number of hydrogen-bond acceptors (Lipinski definition) is 3. The maximum atomic E-state index is 12.1. The quantitative estimate of drug-likeness (QED) is 0.529. The van der Waals surface area contributed by atoms with Crippen molar-refractivity contribution in [2.45, 2.75) is 19.8 Å². The zero-order chi connectivity index (χ0) is 19.1. The topological polar surface area (TPSA) is 70.2 Å². The Morgan fingerprint density at radius 3 is 2.15 bits per heavy atom. The summed E-state index contributed by atoms with van der Waals surface area (Å²) in [5.74, 6) is -0.337. The van der Waals surface area contributed by atoms with E-state index in [-0.39, 0.29) is 18.4 Å². The number of anilines is 3. The zero-order valence-electron chi connectivity index (χ0n) is 14.0. The van der Waals surface area contributed by atoms with E-state index in [1.165, 1.54) is 6.07 Å². The molecule has 0 bridgehead atoms. The molecule has 0 aromatic heterocycles. The molecule has 5 nitrogen and oxygen atoms in total. The lowest BCUT2D eigenvalue weighted by Crippen LogP contribution is -2.22. The van der Waals surface area contributed by atoms with Crippen LogP contribution in [0.1, 0.15) is 19.8 Å². The van der Waals surface area contributed by atoms with Crippen LogP contribution in [0.5, 0.6) is 0 Å². The zero-order valence-corrected chi connectivity index (χ0v) is 16.3. The standard InChI is InChI=1S/C18H18Cl3N3O2/c1-2-4-17(25)23-11-5-3-6-12(7-11)24-18(26)10-22-16-9-14(20)13(19)8-15(16)21/h3,5-9,22H,2,4,10H2,1H3,(H,23,25)(H,24,26). The van der Waals surface area contributed by atoms with Crippen LogP contribution in [0, 0.1) is 0 Å². The van der Waals surface area contributed by atoms with Crippen LogP contribution in [0.3, 0.4) is 0 Å². The molecule has 2 rings (SSSR count). The summed E-state index contributed by atoms with van der Waals surface area (Å²) in [7, 11) is 0. The number of halogens is 3. The number of nitrogens with one attached hydrogen (secondary N) is 3. The Kier molecular flexibility index (Phi) is 7.57. The first-order chi connectivity index (χ1) is 12.4. The van der Waals surface area contributed by atoms with E-state index in [1.54, 1.807) is 30.3 Å². The van der Waals surface area contributed by atoms with Crippen molar-refractivity contribution in [2.24, 2.45) is 0 Å². The van der Waals surface area contributed by atoms with E-state index in [2.05, 4.69) is 16.0 Å². The van der Waals surface area contributed by atoms with Crippen molar-refractivity contribution in [1.29, 1.82) is 0 Å². The second kappa shape index (κ2) is 9.67. The van der Waals surface area contributed by atoms with Crippen LogP contribution >= 0.6 is 34.8 Å². The molecule has 0 saturated carbocycles. The minimum Gasteiger partial charge on any atom is -0.375 e. The second-order valence-electron chi connectivity index (χ2n) is 5.53. The van der Waals surface area contributed by atoms with Crippen LogP contribution in [0.15, 0.2) is 36.4 Å². The minimum absolute atomic E-state index is 0.00982. The third-order valence-corrected chi connectivity index (χ3v) is 4.39. The van der Waals surface area contributed by atoms with Crippen molar-refractivity contribution in [3.05, 3.63) is 51.5 Å². The van der Waals surface area contributed by atoms with Crippen LogP contribution in [-0.2, 0) is 9.59 Å². The van der Waals surface area contributed by atoms with E-state index in [1.807, 2.05) is 6.92 Å². The first-order valence-electron chi connectivity index (χ1n) is 7.97. The first kappa shape index (κ1) is 20.4. The van der Waals surface area contributed by atoms with E-state index < -0.39 is 0 Å². The lowest BCUT2D eigenvalue weighted by atomic mass is 10.2. The Balaban J connectivity index is 1.94. The van der Waals surface area contributed by atoms with Gasteiger partial charge in [0.15, 0.2) is 0 Å². The number of carbonyl (C=O) groups excluding carboxylic acids is 2. The van der Waals surface area contributed by atoms with Crippen LogP contribution in [-0.4, -0.2) is 18.4 Å². The molecule has 2 aromatic rings. The number of benzene rings is 2. The van der Waals surface area contributed by atoms with Gasteiger partial charge in [-0.3, -0.25) is 9.59 Å². The SMILES string of the molecule is CCCC(=O)Nc1cccc(NC(=O)CNc2cc(Cl)c(Cl)cc2Cl)c1. The van der Waals surface area contributed by atoms with Gasteiger partial charge in [-0.25, -0.2) is 0 Å². The summed E-state index contributed by atoms with van der Waals surface area (Å²) in [5, 5.41) is 9.49. The normalized spacial score (nSPS) is 10.3. The smallest absolute Gasteiger partial charge is 0.243 e. The molecule has 3 N–H and O–H groups in total. The molecule has 2 amide bonds. The predicted octanol–water partition coefficient (Wildman–Crippen LogP) is 5.44. The van der Waals surface area contributed by atoms with E-state index in [9.17, 15) is 9.59 Å². The molecule has 138 valence electrons. The molecular formula is C18H18Cl3N3O2. The monoisotopic (exact) mass is 413 g/mol. The van der Waals surface area contributed by atoms with Crippen molar-refractivity contribution >= 4 is 63.7 Å². The van der Waals surface area contributed by atoms with Gasteiger partial charge in [0.1, 0.15) is 0 Å². The Hall–Kier alpha value is -1.95. The Morgan fingerprint density at radius 2 is 1.50 bits per heavy atom.